The number of rotatable bonds is 4. The number of hydrogen-bond donors (Lipinski definition) is 2. The number of carbonyl (C=O) groups is 2. The van der Waals surface area contributed by atoms with E-state index in [4.69, 9.17) is 0 Å². The number of amides is 2. The SMILES string of the molecule is CC(=O)Nc1ccc(Nc2nccc(C(=O)N3CCN(C)CC3)n2)cc1. The van der Waals surface area contributed by atoms with Crippen molar-refractivity contribution in [2.75, 3.05) is 43.9 Å². The van der Waals surface area contributed by atoms with Crippen LogP contribution in [0.25, 0.3) is 0 Å². The number of nitrogens with one attached hydrogen (secondary N) is 2. The molecule has 0 spiro atoms. The molecule has 1 aromatic heterocycles. The fourth-order valence-corrected chi connectivity index (χ4v) is 2.68. The summed E-state index contributed by atoms with van der Waals surface area (Å²) in [5.74, 6) is 0.158. The monoisotopic (exact) mass is 354 g/mol. The summed E-state index contributed by atoms with van der Waals surface area (Å²) in [7, 11) is 2.05. The number of aromatic nitrogens is 2. The number of carbonyl (C=O) groups excluding carboxylic acids is 2. The minimum atomic E-state index is -0.121. The van der Waals surface area contributed by atoms with Gasteiger partial charge in [-0.25, -0.2) is 9.97 Å². The average molecular weight is 354 g/mol. The van der Waals surface area contributed by atoms with Gasteiger partial charge in [0.2, 0.25) is 11.9 Å². The van der Waals surface area contributed by atoms with Crippen molar-refractivity contribution in [1.29, 1.82) is 0 Å². The van der Waals surface area contributed by atoms with Gasteiger partial charge in [0.05, 0.1) is 0 Å². The zero-order chi connectivity index (χ0) is 18.5. The summed E-state index contributed by atoms with van der Waals surface area (Å²) in [6.45, 7) is 4.59. The molecule has 0 bridgehead atoms. The Morgan fingerprint density at radius 1 is 1.00 bits per heavy atom. The fourth-order valence-electron chi connectivity index (χ4n) is 2.68. The van der Waals surface area contributed by atoms with Gasteiger partial charge in [0.15, 0.2) is 0 Å². The first kappa shape index (κ1) is 17.8. The van der Waals surface area contributed by atoms with E-state index in [1.54, 1.807) is 24.4 Å². The Balaban J connectivity index is 1.67. The van der Waals surface area contributed by atoms with Crippen LogP contribution in [0.2, 0.25) is 0 Å². The van der Waals surface area contributed by atoms with E-state index >= 15 is 0 Å². The van der Waals surface area contributed by atoms with E-state index in [2.05, 4.69) is 25.5 Å². The summed E-state index contributed by atoms with van der Waals surface area (Å²) in [5, 5.41) is 5.78. The Morgan fingerprint density at radius 3 is 2.31 bits per heavy atom. The molecule has 0 radical (unpaired) electrons. The van der Waals surface area contributed by atoms with Crippen molar-refractivity contribution in [3.8, 4) is 0 Å². The van der Waals surface area contributed by atoms with Crippen LogP contribution in [0.4, 0.5) is 17.3 Å². The summed E-state index contributed by atoms with van der Waals surface area (Å²) in [4.78, 5) is 36.2. The third-order valence-corrected chi connectivity index (χ3v) is 4.13. The Bertz CT molecular complexity index is 785. The highest BCUT2D eigenvalue weighted by molar-refractivity contribution is 5.92. The third kappa shape index (κ3) is 4.54. The van der Waals surface area contributed by atoms with Crippen molar-refractivity contribution in [2.24, 2.45) is 0 Å². The molecule has 8 nitrogen and oxygen atoms in total. The van der Waals surface area contributed by atoms with Gasteiger partial charge < -0.3 is 20.4 Å². The molecule has 26 heavy (non-hydrogen) atoms. The van der Waals surface area contributed by atoms with Crippen molar-refractivity contribution < 1.29 is 9.59 Å². The maximum atomic E-state index is 12.6. The van der Waals surface area contributed by atoms with Gasteiger partial charge in [-0.1, -0.05) is 0 Å². The van der Waals surface area contributed by atoms with Gasteiger partial charge >= 0.3 is 0 Å². The van der Waals surface area contributed by atoms with Gasteiger partial charge in [0, 0.05) is 50.7 Å². The Morgan fingerprint density at radius 2 is 1.65 bits per heavy atom. The molecular weight excluding hydrogens is 332 g/mol. The van der Waals surface area contributed by atoms with E-state index in [0.29, 0.717) is 30.4 Å². The predicted molar refractivity (Wildman–Crippen MR) is 99.5 cm³/mol. The largest absolute Gasteiger partial charge is 0.335 e. The number of piperazine rings is 1. The number of benzene rings is 1. The van der Waals surface area contributed by atoms with Crippen molar-refractivity contribution >= 4 is 29.1 Å². The normalized spacial score (nSPS) is 14.8. The van der Waals surface area contributed by atoms with Crippen molar-refractivity contribution in [2.45, 2.75) is 6.92 Å². The van der Waals surface area contributed by atoms with E-state index in [0.717, 1.165) is 18.8 Å². The molecule has 1 aliphatic heterocycles. The zero-order valence-corrected chi connectivity index (χ0v) is 14.9. The second-order valence-corrected chi connectivity index (χ2v) is 6.24. The first-order chi connectivity index (χ1) is 12.5. The Kier molecular flexibility index (Phi) is 5.43. The smallest absolute Gasteiger partial charge is 0.272 e. The first-order valence-corrected chi connectivity index (χ1v) is 8.47. The maximum absolute atomic E-state index is 12.6. The Labute approximate surface area is 152 Å². The van der Waals surface area contributed by atoms with Crippen LogP contribution < -0.4 is 10.6 Å². The molecule has 2 amide bonds. The van der Waals surface area contributed by atoms with E-state index < -0.39 is 0 Å². The van der Waals surface area contributed by atoms with Crippen molar-refractivity contribution in [3.63, 3.8) is 0 Å². The molecule has 1 fully saturated rings. The highest BCUT2D eigenvalue weighted by Gasteiger charge is 2.21. The average Bonchev–Trinajstić information content (AvgIpc) is 2.63. The number of anilines is 3. The standard InChI is InChI=1S/C18H22N6O2/c1-13(25)20-14-3-5-15(6-4-14)21-18-19-8-7-16(22-18)17(26)24-11-9-23(2)10-12-24/h3-8H,9-12H2,1-2H3,(H,20,25)(H,19,21,22). The lowest BCUT2D eigenvalue weighted by atomic mass is 10.2. The second kappa shape index (κ2) is 7.92. The van der Waals surface area contributed by atoms with Crippen LogP contribution in [0.5, 0.6) is 0 Å². The predicted octanol–water partition coefficient (Wildman–Crippen LogP) is 1.57. The van der Waals surface area contributed by atoms with Gasteiger partial charge in [-0.3, -0.25) is 9.59 Å². The Hall–Kier alpha value is -3.00. The lowest BCUT2D eigenvalue weighted by Gasteiger charge is -2.32. The molecule has 136 valence electrons. The van der Waals surface area contributed by atoms with E-state index in [9.17, 15) is 9.59 Å². The number of likely N-dealkylation sites (N-methyl/N-ethyl adjacent to an activating group) is 1. The molecule has 8 heteroatoms. The highest BCUT2D eigenvalue weighted by atomic mass is 16.2. The van der Waals surface area contributed by atoms with Crippen LogP contribution in [0.15, 0.2) is 36.5 Å². The lowest BCUT2D eigenvalue weighted by Crippen LogP contribution is -2.47. The van der Waals surface area contributed by atoms with Gasteiger partial charge in [-0.15, -0.1) is 0 Å². The van der Waals surface area contributed by atoms with Gasteiger partial charge in [0.1, 0.15) is 5.69 Å². The molecule has 0 aliphatic carbocycles. The van der Waals surface area contributed by atoms with Crippen LogP contribution in [-0.4, -0.2) is 64.8 Å². The van der Waals surface area contributed by atoms with Crippen LogP contribution in [-0.2, 0) is 4.79 Å². The van der Waals surface area contributed by atoms with Gasteiger partial charge in [0.25, 0.3) is 5.91 Å². The molecule has 0 unspecified atom stereocenters. The van der Waals surface area contributed by atoms with Gasteiger partial charge in [-0.05, 0) is 37.4 Å². The molecule has 2 N–H and O–H groups in total. The quantitative estimate of drug-likeness (QED) is 0.866. The van der Waals surface area contributed by atoms with Crippen LogP contribution >= 0.6 is 0 Å². The lowest BCUT2D eigenvalue weighted by molar-refractivity contribution is -0.114. The zero-order valence-electron chi connectivity index (χ0n) is 14.9. The molecule has 2 aromatic rings. The van der Waals surface area contributed by atoms with E-state index in [1.807, 2.05) is 24.1 Å². The maximum Gasteiger partial charge on any atom is 0.272 e. The number of nitrogens with zero attached hydrogens (tertiary/aromatic N) is 4. The van der Waals surface area contributed by atoms with E-state index in [1.165, 1.54) is 6.92 Å². The summed E-state index contributed by atoms with van der Waals surface area (Å²) in [6, 6.07) is 8.81. The van der Waals surface area contributed by atoms with E-state index in [-0.39, 0.29) is 11.8 Å². The summed E-state index contributed by atoms with van der Waals surface area (Å²) < 4.78 is 0. The van der Waals surface area contributed by atoms with Crippen molar-refractivity contribution in [1.82, 2.24) is 19.8 Å². The fraction of sp³-hybridized carbons (Fsp3) is 0.333. The molecule has 1 saturated heterocycles. The summed E-state index contributed by atoms with van der Waals surface area (Å²) >= 11 is 0. The third-order valence-electron chi connectivity index (χ3n) is 4.13. The van der Waals surface area contributed by atoms with Crippen LogP contribution in [0.1, 0.15) is 17.4 Å². The van der Waals surface area contributed by atoms with Crippen LogP contribution in [0.3, 0.4) is 0 Å². The van der Waals surface area contributed by atoms with Crippen molar-refractivity contribution in [3.05, 3.63) is 42.2 Å². The molecular formula is C18H22N6O2. The molecule has 0 atom stereocenters. The molecule has 3 rings (SSSR count). The molecule has 1 aliphatic rings. The number of hydrogen-bond acceptors (Lipinski definition) is 6. The first-order valence-electron chi connectivity index (χ1n) is 8.47. The minimum Gasteiger partial charge on any atom is -0.335 e. The summed E-state index contributed by atoms with van der Waals surface area (Å²) in [5.41, 5.74) is 1.85. The molecule has 0 saturated carbocycles. The second-order valence-electron chi connectivity index (χ2n) is 6.24. The molecule has 2 heterocycles. The van der Waals surface area contributed by atoms with Gasteiger partial charge in [-0.2, -0.15) is 0 Å². The molecule has 1 aromatic carbocycles. The minimum absolute atomic E-state index is 0.0791. The highest BCUT2D eigenvalue weighted by Crippen LogP contribution is 2.17. The van der Waals surface area contributed by atoms with Crippen LogP contribution in [0, 0.1) is 0 Å². The topological polar surface area (TPSA) is 90.5 Å². The summed E-state index contributed by atoms with van der Waals surface area (Å²) in [6.07, 6.45) is 1.57.